The predicted octanol–water partition coefficient (Wildman–Crippen LogP) is 0.760. The Morgan fingerprint density at radius 3 is 2.25 bits per heavy atom. The normalized spacial score (nSPS) is 26.6. The molecular weight excluding hydrogens is 102 g/mol. The summed E-state index contributed by atoms with van der Waals surface area (Å²) in [6.45, 7) is 5.63. The molecule has 1 atom stereocenters. The van der Waals surface area contributed by atoms with Crippen LogP contribution in [0.15, 0.2) is 0 Å². The lowest BCUT2D eigenvalue weighted by molar-refractivity contribution is 0.194. The first-order valence-corrected chi connectivity index (χ1v) is 3.23. The molecular formula is C6H15NO. The van der Waals surface area contributed by atoms with Crippen molar-refractivity contribution in [2.24, 2.45) is 5.73 Å². The topological polar surface area (TPSA) is 35.2 Å². The fourth-order valence-corrected chi connectivity index (χ4v) is 0.553. The molecule has 1 aliphatic heterocycles. The highest BCUT2D eigenvalue weighted by Gasteiger charge is 2.07. The van der Waals surface area contributed by atoms with Gasteiger partial charge in [-0.1, -0.05) is 13.8 Å². The van der Waals surface area contributed by atoms with E-state index in [0.29, 0.717) is 6.04 Å². The molecule has 0 aliphatic carbocycles. The third-order valence-corrected chi connectivity index (χ3v) is 0.965. The average Bonchev–Trinajstić information content (AvgIpc) is 2.24. The molecule has 0 radical (unpaired) electrons. The number of hydrogen-bond donors (Lipinski definition) is 1. The zero-order valence-corrected chi connectivity index (χ0v) is 5.68. The van der Waals surface area contributed by atoms with Crippen LogP contribution in [0.25, 0.3) is 0 Å². The minimum atomic E-state index is 0.324. The molecule has 0 aromatic rings. The zero-order valence-electron chi connectivity index (χ0n) is 5.68. The summed E-state index contributed by atoms with van der Waals surface area (Å²) >= 11 is 0. The molecule has 0 amide bonds. The van der Waals surface area contributed by atoms with Crippen molar-refractivity contribution >= 4 is 0 Å². The maximum atomic E-state index is 5.41. The van der Waals surface area contributed by atoms with E-state index in [0.717, 1.165) is 19.6 Å². The summed E-state index contributed by atoms with van der Waals surface area (Å²) < 4.78 is 4.93. The van der Waals surface area contributed by atoms with Crippen molar-refractivity contribution in [2.45, 2.75) is 26.3 Å². The van der Waals surface area contributed by atoms with Crippen LogP contribution >= 0.6 is 0 Å². The van der Waals surface area contributed by atoms with Gasteiger partial charge in [-0.25, -0.2) is 0 Å². The summed E-state index contributed by atoms with van der Waals surface area (Å²) in [5.41, 5.74) is 5.41. The van der Waals surface area contributed by atoms with Crippen molar-refractivity contribution in [1.82, 2.24) is 0 Å². The Labute approximate surface area is 51.0 Å². The molecule has 1 aliphatic rings. The van der Waals surface area contributed by atoms with Gasteiger partial charge in [-0.15, -0.1) is 0 Å². The Morgan fingerprint density at radius 2 is 2.12 bits per heavy atom. The molecule has 0 bridgehead atoms. The minimum Gasteiger partial charge on any atom is -0.380 e. The van der Waals surface area contributed by atoms with Gasteiger partial charge in [0.15, 0.2) is 0 Å². The van der Waals surface area contributed by atoms with Gasteiger partial charge in [0.2, 0.25) is 0 Å². The number of nitrogens with two attached hydrogens (primary N) is 1. The maximum absolute atomic E-state index is 5.41. The van der Waals surface area contributed by atoms with Crippen LogP contribution in [-0.2, 0) is 4.74 Å². The lowest BCUT2D eigenvalue weighted by Crippen LogP contribution is -2.18. The highest BCUT2D eigenvalue weighted by atomic mass is 16.5. The van der Waals surface area contributed by atoms with Crippen LogP contribution in [0.2, 0.25) is 0 Å². The fraction of sp³-hybridized carbons (Fsp3) is 1.00. The van der Waals surface area contributed by atoms with Crippen LogP contribution in [-0.4, -0.2) is 19.3 Å². The first-order valence-electron chi connectivity index (χ1n) is 3.23. The van der Waals surface area contributed by atoms with Crippen molar-refractivity contribution < 1.29 is 4.74 Å². The molecule has 1 rings (SSSR count). The summed E-state index contributed by atoms with van der Waals surface area (Å²) in [4.78, 5) is 0. The summed E-state index contributed by atoms with van der Waals surface area (Å²) in [6.07, 6.45) is 1.04. The molecule has 2 nitrogen and oxygen atoms in total. The highest BCUT2D eigenvalue weighted by molar-refractivity contribution is 4.64. The molecule has 1 unspecified atom stereocenters. The van der Waals surface area contributed by atoms with Gasteiger partial charge < -0.3 is 10.5 Å². The van der Waals surface area contributed by atoms with Gasteiger partial charge in [0.05, 0.1) is 6.61 Å². The molecule has 1 heterocycles. The molecule has 0 spiro atoms. The van der Waals surface area contributed by atoms with Gasteiger partial charge in [0, 0.05) is 12.6 Å². The molecule has 0 saturated carbocycles. The Hall–Kier alpha value is -0.0800. The minimum absolute atomic E-state index is 0.324. The predicted molar refractivity (Wildman–Crippen MR) is 34.8 cm³/mol. The lowest BCUT2D eigenvalue weighted by Gasteiger charge is -1.90. The van der Waals surface area contributed by atoms with E-state index in [1.54, 1.807) is 0 Å². The van der Waals surface area contributed by atoms with Crippen LogP contribution < -0.4 is 5.73 Å². The third-order valence-electron chi connectivity index (χ3n) is 0.965. The fourth-order valence-electron chi connectivity index (χ4n) is 0.553. The molecule has 1 saturated heterocycles. The van der Waals surface area contributed by atoms with Crippen LogP contribution in [0.5, 0.6) is 0 Å². The molecule has 50 valence electrons. The molecule has 0 aromatic carbocycles. The SMILES string of the molecule is CC.NC1CCOC1. The summed E-state index contributed by atoms with van der Waals surface area (Å²) in [5.74, 6) is 0. The second-order valence-electron chi connectivity index (χ2n) is 1.62. The van der Waals surface area contributed by atoms with Crippen LogP contribution in [0, 0.1) is 0 Å². The van der Waals surface area contributed by atoms with Crippen LogP contribution in [0.1, 0.15) is 20.3 Å². The van der Waals surface area contributed by atoms with E-state index < -0.39 is 0 Å². The van der Waals surface area contributed by atoms with Gasteiger partial charge in [0.1, 0.15) is 0 Å². The lowest BCUT2D eigenvalue weighted by atomic mass is 10.3. The Morgan fingerprint density at radius 1 is 1.50 bits per heavy atom. The van der Waals surface area contributed by atoms with Gasteiger partial charge in [-0.2, -0.15) is 0 Å². The molecule has 1 fully saturated rings. The Balaban J connectivity index is 0.000000222. The summed E-state index contributed by atoms with van der Waals surface area (Å²) in [7, 11) is 0. The second kappa shape index (κ2) is 5.06. The Kier molecular flexibility index (Phi) is 5.01. The maximum Gasteiger partial charge on any atom is 0.0618 e. The van der Waals surface area contributed by atoms with E-state index in [9.17, 15) is 0 Å². The Bertz CT molecular complexity index is 41.8. The monoisotopic (exact) mass is 117 g/mol. The van der Waals surface area contributed by atoms with Crippen molar-refractivity contribution in [2.75, 3.05) is 13.2 Å². The zero-order chi connectivity index (χ0) is 6.41. The van der Waals surface area contributed by atoms with E-state index in [4.69, 9.17) is 10.5 Å². The quantitative estimate of drug-likeness (QED) is 0.508. The number of hydrogen-bond acceptors (Lipinski definition) is 2. The van der Waals surface area contributed by atoms with E-state index in [1.165, 1.54) is 0 Å². The molecule has 8 heavy (non-hydrogen) atoms. The van der Waals surface area contributed by atoms with Crippen molar-refractivity contribution in [3.8, 4) is 0 Å². The average molecular weight is 117 g/mol. The highest BCUT2D eigenvalue weighted by Crippen LogP contribution is 1.98. The molecule has 0 aromatic heterocycles. The first kappa shape index (κ1) is 7.92. The molecule has 2 heteroatoms. The van der Waals surface area contributed by atoms with E-state index in [2.05, 4.69) is 0 Å². The largest absolute Gasteiger partial charge is 0.380 e. The van der Waals surface area contributed by atoms with Crippen LogP contribution in [0.3, 0.4) is 0 Å². The third kappa shape index (κ3) is 2.99. The number of ether oxygens (including phenoxy) is 1. The van der Waals surface area contributed by atoms with E-state index in [-0.39, 0.29) is 0 Å². The second-order valence-corrected chi connectivity index (χ2v) is 1.62. The van der Waals surface area contributed by atoms with Gasteiger partial charge >= 0.3 is 0 Å². The van der Waals surface area contributed by atoms with Crippen molar-refractivity contribution in [3.63, 3.8) is 0 Å². The first-order chi connectivity index (χ1) is 3.89. The van der Waals surface area contributed by atoms with Gasteiger partial charge in [0.25, 0.3) is 0 Å². The van der Waals surface area contributed by atoms with Gasteiger partial charge in [-0.05, 0) is 6.42 Å². The van der Waals surface area contributed by atoms with Gasteiger partial charge in [-0.3, -0.25) is 0 Å². The van der Waals surface area contributed by atoms with E-state index >= 15 is 0 Å². The van der Waals surface area contributed by atoms with Crippen LogP contribution in [0.4, 0.5) is 0 Å². The van der Waals surface area contributed by atoms with E-state index in [1.807, 2.05) is 13.8 Å². The summed E-state index contributed by atoms with van der Waals surface area (Å²) in [6, 6.07) is 0.324. The molecule has 2 N–H and O–H groups in total. The standard InChI is InChI=1S/C4H9NO.C2H6/c5-4-1-2-6-3-4;1-2/h4H,1-3,5H2;1-2H3. The van der Waals surface area contributed by atoms with Crippen molar-refractivity contribution in [3.05, 3.63) is 0 Å². The summed E-state index contributed by atoms with van der Waals surface area (Å²) in [5, 5.41) is 0. The van der Waals surface area contributed by atoms with Crippen molar-refractivity contribution in [1.29, 1.82) is 0 Å². The number of rotatable bonds is 0. The smallest absolute Gasteiger partial charge is 0.0618 e.